The second-order valence-corrected chi connectivity index (χ2v) is 5.00. The van der Waals surface area contributed by atoms with Crippen LogP contribution in [0.3, 0.4) is 0 Å². The van der Waals surface area contributed by atoms with Crippen LogP contribution in [-0.2, 0) is 4.79 Å². The van der Waals surface area contributed by atoms with E-state index >= 15 is 0 Å². The van der Waals surface area contributed by atoms with Gasteiger partial charge in [-0.3, -0.25) is 4.79 Å². The van der Waals surface area contributed by atoms with Crippen molar-refractivity contribution in [3.63, 3.8) is 0 Å². The van der Waals surface area contributed by atoms with Gasteiger partial charge in [0.25, 0.3) is 0 Å². The van der Waals surface area contributed by atoms with Gasteiger partial charge in [-0.2, -0.15) is 0 Å². The van der Waals surface area contributed by atoms with Gasteiger partial charge in [0.1, 0.15) is 0 Å². The van der Waals surface area contributed by atoms with E-state index in [2.05, 4.69) is 32.2 Å². The zero-order chi connectivity index (χ0) is 11.4. The van der Waals surface area contributed by atoms with Crippen LogP contribution >= 0.6 is 0 Å². The number of hydrogen-bond acceptors (Lipinski definition) is 1. The van der Waals surface area contributed by atoms with Gasteiger partial charge >= 0.3 is 0 Å². The molecule has 0 fully saturated rings. The van der Waals surface area contributed by atoms with Crippen molar-refractivity contribution >= 4 is 5.91 Å². The predicted molar refractivity (Wildman–Crippen MR) is 63.5 cm³/mol. The third-order valence-electron chi connectivity index (χ3n) is 3.48. The first kappa shape index (κ1) is 12.3. The van der Waals surface area contributed by atoms with Gasteiger partial charge in [0.05, 0.1) is 0 Å². The first-order chi connectivity index (χ1) is 7.04. The summed E-state index contributed by atoms with van der Waals surface area (Å²) in [6.45, 7) is 6.69. The maximum absolute atomic E-state index is 11.4. The van der Waals surface area contributed by atoms with Crippen molar-refractivity contribution in [3.05, 3.63) is 11.6 Å². The number of carbonyl (C=O) groups is 1. The molecular weight excluding hydrogens is 186 g/mol. The molecule has 0 spiro atoms. The molecule has 2 heteroatoms. The Labute approximate surface area is 93.1 Å². The number of allylic oxidation sites excluding steroid dienone is 2. The van der Waals surface area contributed by atoms with Crippen LogP contribution in [0.1, 0.15) is 40.0 Å². The molecule has 1 aliphatic carbocycles. The summed E-state index contributed by atoms with van der Waals surface area (Å²) < 4.78 is 0. The van der Waals surface area contributed by atoms with E-state index < -0.39 is 0 Å². The zero-order valence-electron chi connectivity index (χ0n) is 10.3. The highest BCUT2D eigenvalue weighted by molar-refractivity contribution is 5.76. The summed E-state index contributed by atoms with van der Waals surface area (Å²) in [5.41, 5.74) is 1.45. The van der Waals surface area contributed by atoms with Crippen LogP contribution in [0.4, 0.5) is 0 Å². The molecule has 1 N–H and O–H groups in total. The van der Waals surface area contributed by atoms with Gasteiger partial charge in [0.2, 0.25) is 5.91 Å². The molecule has 0 bridgehead atoms. The molecule has 0 radical (unpaired) electrons. The number of hydrogen-bond donors (Lipinski definition) is 1. The van der Waals surface area contributed by atoms with Crippen LogP contribution in [0, 0.1) is 17.8 Å². The molecule has 0 aromatic heterocycles. The molecular formula is C13H23NO. The Hall–Kier alpha value is -0.790. The minimum absolute atomic E-state index is 0.164. The molecule has 86 valence electrons. The van der Waals surface area contributed by atoms with E-state index in [1.807, 2.05) is 0 Å². The topological polar surface area (TPSA) is 29.1 Å². The van der Waals surface area contributed by atoms with E-state index in [9.17, 15) is 4.79 Å². The Bertz CT molecular complexity index is 255. The van der Waals surface area contributed by atoms with Crippen molar-refractivity contribution in [2.24, 2.45) is 17.8 Å². The van der Waals surface area contributed by atoms with Crippen molar-refractivity contribution in [2.45, 2.75) is 40.0 Å². The summed E-state index contributed by atoms with van der Waals surface area (Å²) in [7, 11) is 1.71. The maximum atomic E-state index is 11.4. The van der Waals surface area contributed by atoms with Gasteiger partial charge < -0.3 is 5.32 Å². The number of nitrogens with one attached hydrogen (secondary N) is 1. The quantitative estimate of drug-likeness (QED) is 0.711. The summed E-state index contributed by atoms with van der Waals surface area (Å²) in [6.07, 6.45) is 5.40. The first-order valence-corrected chi connectivity index (χ1v) is 5.92. The fourth-order valence-corrected chi connectivity index (χ4v) is 2.53. The summed E-state index contributed by atoms with van der Waals surface area (Å²) in [5, 5.41) is 2.72. The lowest BCUT2D eigenvalue weighted by Gasteiger charge is -2.32. The van der Waals surface area contributed by atoms with Gasteiger partial charge in [0, 0.05) is 13.5 Å². The normalized spacial score (nSPS) is 26.3. The van der Waals surface area contributed by atoms with Crippen LogP contribution in [0.5, 0.6) is 0 Å². The van der Waals surface area contributed by atoms with Gasteiger partial charge in [-0.15, -0.1) is 0 Å². The van der Waals surface area contributed by atoms with Gasteiger partial charge in [-0.05, 0) is 37.5 Å². The molecule has 2 nitrogen and oxygen atoms in total. The minimum Gasteiger partial charge on any atom is -0.359 e. The molecule has 0 heterocycles. The molecule has 1 aliphatic rings. The lowest BCUT2D eigenvalue weighted by Crippen LogP contribution is -2.28. The SMILES string of the molecule is CNC(=O)CC1C=C(C)CCC1C(C)C. The van der Waals surface area contributed by atoms with Crippen molar-refractivity contribution in [1.29, 1.82) is 0 Å². The third kappa shape index (κ3) is 3.37. The fourth-order valence-electron chi connectivity index (χ4n) is 2.53. The highest BCUT2D eigenvalue weighted by atomic mass is 16.1. The van der Waals surface area contributed by atoms with Crippen LogP contribution in [-0.4, -0.2) is 13.0 Å². The van der Waals surface area contributed by atoms with Crippen molar-refractivity contribution in [1.82, 2.24) is 5.32 Å². The minimum atomic E-state index is 0.164. The van der Waals surface area contributed by atoms with Crippen LogP contribution in [0.15, 0.2) is 11.6 Å². The zero-order valence-corrected chi connectivity index (χ0v) is 10.3. The second-order valence-electron chi connectivity index (χ2n) is 5.00. The van der Waals surface area contributed by atoms with E-state index in [1.54, 1.807) is 7.05 Å². The van der Waals surface area contributed by atoms with Gasteiger partial charge in [-0.1, -0.05) is 25.5 Å². The lowest BCUT2D eigenvalue weighted by atomic mass is 9.73. The molecule has 2 unspecified atom stereocenters. The number of carbonyl (C=O) groups excluding carboxylic acids is 1. The standard InChI is InChI=1S/C13H23NO/c1-9(2)12-6-5-10(3)7-11(12)8-13(15)14-4/h7,9,11-12H,5-6,8H2,1-4H3,(H,14,15). The van der Waals surface area contributed by atoms with Crippen molar-refractivity contribution < 1.29 is 4.79 Å². The Morgan fingerprint density at radius 2 is 2.27 bits per heavy atom. The van der Waals surface area contributed by atoms with Crippen molar-refractivity contribution in [3.8, 4) is 0 Å². The fraction of sp³-hybridized carbons (Fsp3) is 0.769. The smallest absolute Gasteiger partial charge is 0.220 e. The highest BCUT2D eigenvalue weighted by Gasteiger charge is 2.27. The molecule has 1 rings (SSSR count). The van der Waals surface area contributed by atoms with Crippen LogP contribution < -0.4 is 5.32 Å². The highest BCUT2D eigenvalue weighted by Crippen LogP contribution is 2.35. The number of amides is 1. The molecule has 1 amide bonds. The number of rotatable bonds is 3. The van der Waals surface area contributed by atoms with Crippen LogP contribution in [0.2, 0.25) is 0 Å². The second kappa shape index (κ2) is 5.34. The predicted octanol–water partition coefficient (Wildman–Crippen LogP) is 2.75. The average molecular weight is 209 g/mol. The molecule has 0 aromatic rings. The summed E-state index contributed by atoms with van der Waals surface area (Å²) in [5.74, 6) is 1.95. The van der Waals surface area contributed by atoms with E-state index in [1.165, 1.54) is 18.4 Å². The Kier molecular flexibility index (Phi) is 4.37. The molecule has 0 saturated carbocycles. The van der Waals surface area contributed by atoms with Crippen LogP contribution in [0.25, 0.3) is 0 Å². The third-order valence-corrected chi connectivity index (χ3v) is 3.48. The Morgan fingerprint density at radius 3 is 2.80 bits per heavy atom. The Morgan fingerprint density at radius 1 is 1.60 bits per heavy atom. The van der Waals surface area contributed by atoms with E-state index in [-0.39, 0.29) is 5.91 Å². The largest absolute Gasteiger partial charge is 0.359 e. The van der Waals surface area contributed by atoms with Gasteiger partial charge in [-0.25, -0.2) is 0 Å². The monoisotopic (exact) mass is 209 g/mol. The maximum Gasteiger partial charge on any atom is 0.220 e. The molecule has 2 atom stereocenters. The van der Waals surface area contributed by atoms with E-state index in [0.717, 1.165) is 0 Å². The molecule has 0 saturated heterocycles. The summed E-state index contributed by atoms with van der Waals surface area (Å²) in [4.78, 5) is 11.4. The molecule has 15 heavy (non-hydrogen) atoms. The van der Waals surface area contributed by atoms with Gasteiger partial charge in [0.15, 0.2) is 0 Å². The average Bonchev–Trinajstić information content (AvgIpc) is 2.17. The lowest BCUT2D eigenvalue weighted by molar-refractivity contribution is -0.121. The van der Waals surface area contributed by atoms with E-state index in [0.29, 0.717) is 24.2 Å². The summed E-state index contributed by atoms with van der Waals surface area (Å²) >= 11 is 0. The summed E-state index contributed by atoms with van der Waals surface area (Å²) in [6, 6.07) is 0. The van der Waals surface area contributed by atoms with Crippen molar-refractivity contribution in [2.75, 3.05) is 7.05 Å². The van der Waals surface area contributed by atoms with E-state index in [4.69, 9.17) is 0 Å². The molecule has 0 aliphatic heterocycles. The first-order valence-electron chi connectivity index (χ1n) is 5.92. The molecule has 0 aromatic carbocycles. The Balaban J connectivity index is 2.69.